The van der Waals surface area contributed by atoms with Crippen LogP contribution in [0.5, 0.6) is 5.75 Å². The normalized spacial score (nSPS) is 12.5. The number of anilines is 1. The molecule has 2 N–H and O–H groups in total. The van der Waals surface area contributed by atoms with Gasteiger partial charge in [0.1, 0.15) is 11.9 Å². The van der Waals surface area contributed by atoms with Gasteiger partial charge in [-0.3, -0.25) is 4.98 Å². The lowest BCUT2D eigenvalue weighted by Crippen LogP contribution is -2.18. The van der Waals surface area contributed by atoms with Crippen molar-refractivity contribution in [2.24, 2.45) is 0 Å². The molecule has 1 aromatic carbocycles. The Hall–Kier alpha value is -2.18. The first kappa shape index (κ1) is 14.7. The van der Waals surface area contributed by atoms with Gasteiger partial charge in [-0.05, 0) is 25.1 Å². The monoisotopic (exact) mass is 315 g/mol. The second-order valence-corrected chi connectivity index (χ2v) is 5.92. The summed E-state index contributed by atoms with van der Waals surface area (Å²) in [5.41, 5.74) is 10.1. The van der Waals surface area contributed by atoms with Crippen LogP contribution in [0.4, 0.5) is 5.69 Å². The molecule has 2 heterocycles. The third-order valence-electron chi connectivity index (χ3n) is 3.21. The molecule has 3 rings (SSSR count). The summed E-state index contributed by atoms with van der Waals surface area (Å²) >= 11 is 1.55. The highest BCUT2D eigenvalue weighted by atomic mass is 32.1. The zero-order chi connectivity index (χ0) is 15.5. The second kappa shape index (κ2) is 6.29. The minimum absolute atomic E-state index is 0.0636. The Labute approximate surface area is 132 Å². The van der Waals surface area contributed by atoms with Gasteiger partial charge in [0.05, 0.1) is 28.2 Å². The van der Waals surface area contributed by atoms with Gasteiger partial charge in [-0.15, -0.1) is 11.3 Å². The number of nitrogens with two attached hydrogens (primary N) is 1. The van der Waals surface area contributed by atoms with E-state index in [2.05, 4.69) is 9.97 Å². The van der Waals surface area contributed by atoms with Crippen molar-refractivity contribution < 1.29 is 9.47 Å². The number of aromatic nitrogens is 2. The van der Waals surface area contributed by atoms with Gasteiger partial charge >= 0.3 is 0 Å². The standard InChI is InChI=1S/C16H17N3O2S/c1-10(8-20-2)21-15-6-14(16-7-18-9-22-16)19-13-4-3-11(17)5-12(13)15/h3-7,9-10H,8,17H2,1-2H3/t10-/m1/s1. The minimum atomic E-state index is -0.0636. The lowest BCUT2D eigenvalue weighted by Gasteiger charge is -2.16. The quantitative estimate of drug-likeness (QED) is 0.731. The summed E-state index contributed by atoms with van der Waals surface area (Å²) in [4.78, 5) is 9.79. The molecule has 22 heavy (non-hydrogen) atoms. The van der Waals surface area contributed by atoms with E-state index in [0.717, 1.165) is 27.2 Å². The number of hydrogen-bond acceptors (Lipinski definition) is 6. The Bertz CT molecular complexity index is 774. The van der Waals surface area contributed by atoms with Crippen molar-refractivity contribution in [3.05, 3.63) is 36.0 Å². The smallest absolute Gasteiger partial charge is 0.131 e. The highest BCUT2D eigenvalue weighted by Gasteiger charge is 2.12. The fourth-order valence-corrected chi connectivity index (χ4v) is 2.85. The van der Waals surface area contributed by atoms with Crippen molar-refractivity contribution in [2.75, 3.05) is 19.5 Å². The summed E-state index contributed by atoms with van der Waals surface area (Å²) in [6, 6.07) is 7.56. The number of thiazole rings is 1. The van der Waals surface area contributed by atoms with E-state index in [1.165, 1.54) is 0 Å². The van der Waals surface area contributed by atoms with Crippen molar-refractivity contribution in [2.45, 2.75) is 13.0 Å². The van der Waals surface area contributed by atoms with Crippen molar-refractivity contribution in [3.63, 3.8) is 0 Å². The fourth-order valence-electron chi connectivity index (χ4n) is 2.26. The number of methoxy groups -OCH3 is 1. The Morgan fingerprint density at radius 3 is 2.91 bits per heavy atom. The first-order valence-corrected chi connectivity index (χ1v) is 7.80. The molecule has 6 heteroatoms. The summed E-state index contributed by atoms with van der Waals surface area (Å²) in [5.74, 6) is 0.755. The van der Waals surface area contributed by atoms with E-state index in [0.29, 0.717) is 12.3 Å². The van der Waals surface area contributed by atoms with Gasteiger partial charge in [0.25, 0.3) is 0 Å². The van der Waals surface area contributed by atoms with E-state index in [4.69, 9.17) is 15.2 Å². The van der Waals surface area contributed by atoms with Gasteiger partial charge in [-0.1, -0.05) is 0 Å². The molecule has 114 valence electrons. The number of benzene rings is 1. The molecule has 1 atom stereocenters. The average Bonchev–Trinajstić information content (AvgIpc) is 3.02. The Morgan fingerprint density at radius 2 is 2.18 bits per heavy atom. The van der Waals surface area contributed by atoms with Crippen LogP contribution in [0.25, 0.3) is 21.5 Å². The summed E-state index contributed by atoms with van der Waals surface area (Å²) < 4.78 is 11.2. The zero-order valence-electron chi connectivity index (χ0n) is 12.4. The third kappa shape index (κ3) is 3.03. The Balaban J connectivity index is 2.11. The molecular weight excluding hydrogens is 298 g/mol. The zero-order valence-corrected chi connectivity index (χ0v) is 13.3. The van der Waals surface area contributed by atoms with E-state index < -0.39 is 0 Å². The van der Waals surface area contributed by atoms with Crippen LogP contribution in [-0.4, -0.2) is 29.8 Å². The fraction of sp³-hybridized carbons (Fsp3) is 0.250. The van der Waals surface area contributed by atoms with E-state index in [1.54, 1.807) is 30.2 Å². The van der Waals surface area contributed by atoms with Gasteiger partial charge in [0.15, 0.2) is 0 Å². The summed E-state index contributed by atoms with van der Waals surface area (Å²) in [7, 11) is 1.66. The predicted octanol–water partition coefficient (Wildman–Crippen LogP) is 3.35. The predicted molar refractivity (Wildman–Crippen MR) is 89.2 cm³/mol. The molecule has 0 fully saturated rings. The number of ether oxygens (including phenoxy) is 2. The van der Waals surface area contributed by atoms with Gasteiger partial charge in [-0.25, -0.2) is 4.98 Å². The van der Waals surface area contributed by atoms with E-state index in [-0.39, 0.29) is 6.10 Å². The summed E-state index contributed by atoms with van der Waals surface area (Å²) in [5, 5.41) is 0.899. The van der Waals surface area contributed by atoms with Crippen LogP contribution in [0.3, 0.4) is 0 Å². The number of nitrogen functional groups attached to an aromatic ring is 1. The topological polar surface area (TPSA) is 70.3 Å². The highest BCUT2D eigenvalue weighted by molar-refractivity contribution is 7.13. The van der Waals surface area contributed by atoms with Crippen molar-refractivity contribution in [3.8, 4) is 16.3 Å². The molecule has 0 saturated heterocycles. The van der Waals surface area contributed by atoms with Gasteiger partial charge < -0.3 is 15.2 Å². The Morgan fingerprint density at radius 1 is 1.32 bits per heavy atom. The van der Waals surface area contributed by atoms with E-state index in [1.807, 2.05) is 31.2 Å². The SMILES string of the molecule is COC[C@@H](C)Oc1cc(-c2cncs2)nc2ccc(N)cc12. The molecule has 0 bridgehead atoms. The molecule has 0 radical (unpaired) electrons. The minimum Gasteiger partial charge on any atom is -0.488 e. The molecule has 0 amide bonds. The van der Waals surface area contributed by atoms with Gasteiger partial charge in [0.2, 0.25) is 0 Å². The van der Waals surface area contributed by atoms with Crippen LogP contribution in [0.15, 0.2) is 36.0 Å². The molecule has 0 spiro atoms. The second-order valence-electron chi connectivity index (χ2n) is 5.03. The maximum atomic E-state index is 6.03. The molecule has 2 aromatic heterocycles. The Kier molecular flexibility index (Phi) is 4.22. The number of fused-ring (bicyclic) bond motifs is 1. The lowest BCUT2D eigenvalue weighted by molar-refractivity contribution is 0.0931. The number of nitrogens with zero attached hydrogens (tertiary/aromatic N) is 2. The molecule has 0 saturated carbocycles. The first-order chi connectivity index (χ1) is 10.7. The maximum absolute atomic E-state index is 6.03. The molecule has 0 aliphatic carbocycles. The van der Waals surface area contributed by atoms with E-state index in [9.17, 15) is 0 Å². The third-order valence-corrected chi connectivity index (χ3v) is 4.00. The van der Waals surface area contributed by atoms with Crippen LogP contribution < -0.4 is 10.5 Å². The molecule has 3 aromatic rings. The maximum Gasteiger partial charge on any atom is 0.131 e. The first-order valence-electron chi connectivity index (χ1n) is 6.92. The van der Waals surface area contributed by atoms with Crippen molar-refractivity contribution in [1.29, 1.82) is 0 Å². The van der Waals surface area contributed by atoms with E-state index >= 15 is 0 Å². The number of pyridine rings is 1. The molecule has 0 unspecified atom stereocenters. The molecule has 5 nitrogen and oxygen atoms in total. The van der Waals surface area contributed by atoms with Crippen LogP contribution in [0.2, 0.25) is 0 Å². The van der Waals surface area contributed by atoms with Crippen LogP contribution in [0.1, 0.15) is 6.92 Å². The van der Waals surface area contributed by atoms with Crippen LogP contribution >= 0.6 is 11.3 Å². The van der Waals surface area contributed by atoms with Crippen molar-refractivity contribution in [1.82, 2.24) is 9.97 Å². The summed E-state index contributed by atoms with van der Waals surface area (Å²) in [6.45, 7) is 2.48. The summed E-state index contributed by atoms with van der Waals surface area (Å²) in [6.07, 6.45) is 1.74. The lowest BCUT2D eigenvalue weighted by atomic mass is 10.1. The average molecular weight is 315 g/mol. The van der Waals surface area contributed by atoms with Gasteiger partial charge in [-0.2, -0.15) is 0 Å². The molecular formula is C16H17N3O2S. The van der Waals surface area contributed by atoms with Gasteiger partial charge in [0, 0.05) is 30.4 Å². The number of hydrogen-bond donors (Lipinski definition) is 1. The number of rotatable bonds is 5. The molecule has 0 aliphatic heterocycles. The van der Waals surface area contributed by atoms with Crippen LogP contribution in [0, 0.1) is 0 Å². The van der Waals surface area contributed by atoms with Crippen LogP contribution in [-0.2, 0) is 4.74 Å². The molecule has 0 aliphatic rings. The van der Waals surface area contributed by atoms with Crippen molar-refractivity contribution >= 4 is 27.9 Å². The highest BCUT2D eigenvalue weighted by Crippen LogP contribution is 2.33. The largest absolute Gasteiger partial charge is 0.488 e.